The minimum absolute atomic E-state index is 0.119. The summed E-state index contributed by atoms with van der Waals surface area (Å²) in [6.45, 7) is 0. The number of aromatic nitrogens is 2. The van der Waals surface area contributed by atoms with Gasteiger partial charge in [-0.25, -0.2) is 9.78 Å². The molecule has 5 heteroatoms. The van der Waals surface area contributed by atoms with E-state index in [1.807, 2.05) is 0 Å². The number of hydrogen-bond donors (Lipinski definition) is 1. The molecule has 2 heterocycles. The number of aromatic hydroxyl groups is 1. The Morgan fingerprint density at radius 2 is 2.11 bits per heavy atom. The van der Waals surface area contributed by atoms with Crippen molar-refractivity contribution in [1.29, 1.82) is 0 Å². The highest BCUT2D eigenvalue weighted by molar-refractivity contribution is 5.61. The summed E-state index contributed by atoms with van der Waals surface area (Å²) in [4.78, 5) is 15.5. The normalized spacial score (nSPS) is 10.5. The molecular formula is C14H10N2O3. The Balaban J connectivity index is 2.15. The molecule has 0 unspecified atom stereocenters. The van der Waals surface area contributed by atoms with Crippen LogP contribution in [0.3, 0.4) is 0 Å². The molecule has 0 aliphatic heterocycles. The molecule has 19 heavy (non-hydrogen) atoms. The van der Waals surface area contributed by atoms with Crippen molar-refractivity contribution in [2.75, 3.05) is 0 Å². The van der Waals surface area contributed by atoms with Crippen LogP contribution in [-0.2, 0) is 0 Å². The van der Waals surface area contributed by atoms with Crippen LogP contribution in [0.5, 0.6) is 5.75 Å². The molecule has 0 fully saturated rings. The van der Waals surface area contributed by atoms with E-state index in [4.69, 9.17) is 4.42 Å². The molecule has 3 rings (SSSR count). The van der Waals surface area contributed by atoms with Crippen molar-refractivity contribution >= 4 is 0 Å². The van der Waals surface area contributed by atoms with Crippen LogP contribution in [0.15, 0.2) is 64.3 Å². The van der Waals surface area contributed by atoms with Crippen LogP contribution in [-0.4, -0.2) is 14.7 Å². The summed E-state index contributed by atoms with van der Waals surface area (Å²) in [6.07, 6.45) is 4.96. The number of nitrogens with zero attached hydrogens (tertiary/aromatic N) is 2. The third-order valence-electron chi connectivity index (χ3n) is 2.69. The summed E-state index contributed by atoms with van der Waals surface area (Å²) in [7, 11) is 0. The fourth-order valence-corrected chi connectivity index (χ4v) is 1.83. The zero-order valence-corrected chi connectivity index (χ0v) is 9.85. The number of hydrogen-bond acceptors (Lipinski definition) is 4. The lowest BCUT2D eigenvalue weighted by Gasteiger charge is -2.05. The lowest BCUT2D eigenvalue weighted by atomic mass is 10.1. The molecule has 2 aromatic heterocycles. The van der Waals surface area contributed by atoms with Gasteiger partial charge in [0.05, 0.1) is 12.0 Å². The monoisotopic (exact) mass is 254 g/mol. The van der Waals surface area contributed by atoms with E-state index in [1.54, 1.807) is 47.6 Å². The fraction of sp³-hybridized carbons (Fsp3) is 0. The first kappa shape index (κ1) is 11.3. The summed E-state index contributed by atoms with van der Waals surface area (Å²) < 4.78 is 6.87. The number of phenols is 1. The van der Waals surface area contributed by atoms with Crippen molar-refractivity contribution < 1.29 is 9.52 Å². The summed E-state index contributed by atoms with van der Waals surface area (Å²) in [5.41, 5.74) is 0.843. The SMILES string of the molecule is O=c1cc(-n2ccnc2)cc(-c2cccc(O)c2)o1. The first-order valence-corrected chi connectivity index (χ1v) is 5.65. The molecule has 3 aromatic rings. The zero-order chi connectivity index (χ0) is 13.2. The maximum absolute atomic E-state index is 11.6. The maximum Gasteiger partial charge on any atom is 0.338 e. The summed E-state index contributed by atoms with van der Waals surface area (Å²) in [5, 5.41) is 9.46. The lowest BCUT2D eigenvalue weighted by Crippen LogP contribution is -2.02. The number of rotatable bonds is 2. The maximum atomic E-state index is 11.6. The highest BCUT2D eigenvalue weighted by Gasteiger charge is 2.06. The van der Waals surface area contributed by atoms with Crippen molar-refractivity contribution in [3.8, 4) is 22.8 Å². The predicted molar refractivity (Wildman–Crippen MR) is 69.2 cm³/mol. The standard InChI is InChI=1S/C14H10N2O3/c17-12-3-1-2-10(6-12)13-7-11(8-14(18)19-13)16-5-4-15-9-16/h1-9,17H. The van der Waals surface area contributed by atoms with Gasteiger partial charge in [0, 0.05) is 30.1 Å². The van der Waals surface area contributed by atoms with Gasteiger partial charge in [-0.3, -0.25) is 0 Å². The average molecular weight is 254 g/mol. The van der Waals surface area contributed by atoms with E-state index in [-0.39, 0.29) is 5.75 Å². The second-order valence-electron chi connectivity index (χ2n) is 4.02. The molecule has 0 saturated heterocycles. The lowest BCUT2D eigenvalue weighted by molar-refractivity contribution is 0.474. The van der Waals surface area contributed by atoms with E-state index in [0.29, 0.717) is 17.0 Å². The van der Waals surface area contributed by atoms with Crippen molar-refractivity contribution in [2.45, 2.75) is 0 Å². The van der Waals surface area contributed by atoms with Crippen molar-refractivity contribution in [3.63, 3.8) is 0 Å². The molecular weight excluding hydrogens is 244 g/mol. The molecule has 0 saturated carbocycles. The molecule has 0 bridgehead atoms. The molecule has 5 nitrogen and oxygen atoms in total. The van der Waals surface area contributed by atoms with Gasteiger partial charge in [-0.05, 0) is 12.1 Å². The van der Waals surface area contributed by atoms with E-state index < -0.39 is 5.63 Å². The molecule has 0 aliphatic rings. The second kappa shape index (κ2) is 4.45. The number of imidazole rings is 1. The predicted octanol–water partition coefficient (Wildman–Crippen LogP) is 2.20. The molecule has 0 amide bonds. The second-order valence-corrected chi connectivity index (χ2v) is 4.02. The Kier molecular flexibility index (Phi) is 2.64. The van der Waals surface area contributed by atoms with Gasteiger partial charge >= 0.3 is 5.63 Å². The Morgan fingerprint density at radius 3 is 2.84 bits per heavy atom. The Bertz CT molecular complexity index is 760. The number of phenolic OH excluding ortho intramolecular Hbond substituents is 1. The van der Waals surface area contributed by atoms with E-state index in [2.05, 4.69) is 4.98 Å². The van der Waals surface area contributed by atoms with Gasteiger partial charge < -0.3 is 14.1 Å². The summed E-state index contributed by atoms with van der Waals surface area (Å²) >= 11 is 0. The smallest absolute Gasteiger partial charge is 0.338 e. The molecule has 0 atom stereocenters. The van der Waals surface area contributed by atoms with Gasteiger partial charge in [0.15, 0.2) is 0 Å². The first-order chi connectivity index (χ1) is 9.22. The van der Waals surface area contributed by atoms with Crippen LogP contribution in [0, 0.1) is 0 Å². The van der Waals surface area contributed by atoms with Gasteiger partial charge in [-0.2, -0.15) is 0 Å². The van der Waals surface area contributed by atoms with E-state index in [9.17, 15) is 9.90 Å². The van der Waals surface area contributed by atoms with Crippen molar-refractivity contribution in [2.24, 2.45) is 0 Å². The highest BCUT2D eigenvalue weighted by atomic mass is 16.4. The summed E-state index contributed by atoms with van der Waals surface area (Å²) in [6, 6.07) is 9.65. The van der Waals surface area contributed by atoms with Crippen LogP contribution < -0.4 is 5.63 Å². The molecule has 1 N–H and O–H groups in total. The fourth-order valence-electron chi connectivity index (χ4n) is 1.83. The molecule has 1 aromatic carbocycles. The minimum Gasteiger partial charge on any atom is -0.508 e. The van der Waals surface area contributed by atoms with Crippen LogP contribution >= 0.6 is 0 Å². The van der Waals surface area contributed by atoms with Crippen molar-refractivity contribution in [3.05, 3.63) is 65.5 Å². The average Bonchev–Trinajstić information content (AvgIpc) is 2.92. The van der Waals surface area contributed by atoms with Gasteiger partial charge in [-0.15, -0.1) is 0 Å². The molecule has 94 valence electrons. The Morgan fingerprint density at radius 1 is 1.21 bits per heavy atom. The Labute approximate surface area is 108 Å². The molecule has 0 radical (unpaired) electrons. The van der Waals surface area contributed by atoms with Gasteiger partial charge in [0.1, 0.15) is 11.5 Å². The first-order valence-electron chi connectivity index (χ1n) is 5.65. The quantitative estimate of drug-likeness (QED) is 0.761. The highest BCUT2D eigenvalue weighted by Crippen LogP contribution is 2.23. The topological polar surface area (TPSA) is 68.3 Å². The van der Waals surface area contributed by atoms with E-state index in [0.717, 1.165) is 0 Å². The van der Waals surface area contributed by atoms with Gasteiger partial charge in [-0.1, -0.05) is 12.1 Å². The van der Waals surface area contributed by atoms with E-state index in [1.165, 1.54) is 12.1 Å². The van der Waals surface area contributed by atoms with Crippen LogP contribution in [0.2, 0.25) is 0 Å². The van der Waals surface area contributed by atoms with Gasteiger partial charge in [0.2, 0.25) is 0 Å². The minimum atomic E-state index is -0.454. The number of benzene rings is 1. The molecule has 0 aliphatic carbocycles. The van der Waals surface area contributed by atoms with Crippen LogP contribution in [0.4, 0.5) is 0 Å². The summed E-state index contributed by atoms with van der Waals surface area (Å²) in [5.74, 6) is 0.514. The third kappa shape index (κ3) is 2.26. The van der Waals surface area contributed by atoms with Crippen LogP contribution in [0.25, 0.3) is 17.0 Å². The zero-order valence-electron chi connectivity index (χ0n) is 9.85. The Hall–Kier alpha value is -2.82. The van der Waals surface area contributed by atoms with Crippen molar-refractivity contribution in [1.82, 2.24) is 9.55 Å². The van der Waals surface area contributed by atoms with Gasteiger partial charge in [0.25, 0.3) is 0 Å². The molecule has 0 spiro atoms. The third-order valence-corrected chi connectivity index (χ3v) is 2.69. The largest absolute Gasteiger partial charge is 0.508 e. The van der Waals surface area contributed by atoms with E-state index >= 15 is 0 Å². The van der Waals surface area contributed by atoms with Crippen LogP contribution in [0.1, 0.15) is 0 Å².